The van der Waals surface area contributed by atoms with Crippen molar-refractivity contribution >= 4 is 17.8 Å². The molecule has 2 rings (SSSR count). The van der Waals surface area contributed by atoms with Crippen LogP contribution >= 0.6 is 0 Å². The van der Waals surface area contributed by atoms with Crippen LogP contribution in [-0.4, -0.2) is 29.0 Å². The summed E-state index contributed by atoms with van der Waals surface area (Å²) in [4.78, 5) is 35.6. The number of amides is 1. The highest BCUT2D eigenvalue weighted by molar-refractivity contribution is 5.83. The topological polar surface area (TPSA) is 92.7 Å². The van der Waals surface area contributed by atoms with Crippen LogP contribution in [0.3, 0.4) is 0 Å². The Kier molecular flexibility index (Phi) is 6.74. The number of rotatable bonds is 3. The van der Waals surface area contributed by atoms with E-state index < -0.39 is 24.0 Å². The van der Waals surface area contributed by atoms with Crippen molar-refractivity contribution in [3.63, 3.8) is 0 Å². The average Bonchev–Trinajstić information content (AvgIpc) is 2.57. The van der Waals surface area contributed by atoms with Crippen molar-refractivity contribution in [3.05, 3.63) is 48.0 Å². The lowest BCUT2D eigenvalue weighted by molar-refractivity contribution is -0.152. The molecule has 1 aromatic rings. The SMILES string of the molecule is C[C@@H]1NC(=O)[C@H](CC(=O)O)C/C=C\CCC(=O)O[C@@H]1c1ccccc1. The zero-order valence-electron chi connectivity index (χ0n) is 14.2. The van der Waals surface area contributed by atoms with Gasteiger partial charge in [0.15, 0.2) is 0 Å². The number of aliphatic carboxylic acids is 1. The van der Waals surface area contributed by atoms with Crippen molar-refractivity contribution in [1.82, 2.24) is 5.32 Å². The van der Waals surface area contributed by atoms with Crippen LogP contribution in [0.1, 0.15) is 44.3 Å². The third kappa shape index (κ3) is 5.74. The lowest BCUT2D eigenvalue weighted by atomic mass is 9.97. The van der Waals surface area contributed by atoms with Crippen molar-refractivity contribution < 1.29 is 24.2 Å². The fourth-order valence-electron chi connectivity index (χ4n) is 2.79. The Morgan fingerprint density at radius 2 is 1.96 bits per heavy atom. The molecule has 1 aliphatic heterocycles. The summed E-state index contributed by atoms with van der Waals surface area (Å²) in [5.41, 5.74) is 0.783. The fraction of sp³-hybridized carbons (Fsp3) is 0.421. The Morgan fingerprint density at radius 3 is 2.64 bits per heavy atom. The molecular weight excluding hydrogens is 322 g/mol. The number of allylic oxidation sites excluding steroid dienone is 2. The summed E-state index contributed by atoms with van der Waals surface area (Å²) < 4.78 is 5.58. The van der Waals surface area contributed by atoms with Crippen LogP contribution in [0.15, 0.2) is 42.5 Å². The Balaban J connectivity index is 2.25. The largest absolute Gasteiger partial charge is 0.481 e. The molecule has 1 aromatic carbocycles. The van der Waals surface area contributed by atoms with Gasteiger partial charge in [-0.05, 0) is 25.3 Å². The van der Waals surface area contributed by atoms with Crippen molar-refractivity contribution in [2.75, 3.05) is 0 Å². The Hall–Kier alpha value is -2.63. The molecule has 0 bridgehead atoms. The number of benzene rings is 1. The van der Waals surface area contributed by atoms with Gasteiger partial charge in [0, 0.05) is 6.42 Å². The summed E-state index contributed by atoms with van der Waals surface area (Å²) in [6.45, 7) is 1.75. The smallest absolute Gasteiger partial charge is 0.306 e. The molecular formula is C19H23NO5. The molecule has 0 unspecified atom stereocenters. The highest BCUT2D eigenvalue weighted by atomic mass is 16.5. The van der Waals surface area contributed by atoms with Crippen LogP contribution in [0.5, 0.6) is 0 Å². The van der Waals surface area contributed by atoms with Gasteiger partial charge in [0.1, 0.15) is 6.10 Å². The first-order chi connectivity index (χ1) is 12.0. The monoisotopic (exact) mass is 345 g/mol. The number of ether oxygens (including phenoxy) is 1. The van der Waals surface area contributed by atoms with Gasteiger partial charge in [-0.3, -0.25) is 14.4 Å². The third-order valence-corrected chi connectivity index (χ3v) is 4.10. The maximum Gasteiger partial charge on any atom is 0.306 e. The zero-order chi connectivity index (χ0) is 18.2. The standard InChI is InChI=1S/C19H23NO5/c1-13-18(14-8-4-2-5-9-14)25-17(23)11-7-3-6-10-15(12-16(21)22)19(24)20-13/h2-6,8-9,13,15,18H,7,10-12H2,1H3,(H,20,24)(H,21,22)/b6-3-/t13-,15-,18-/m0/s1. The van der Waals surface area contributed by atoms with Crippen LogP contribution < -0.4 is 5.32 Å². The van der Waals surface area contributed by atoms with E-state index in [4.69, 9.17) is 9.84 Å². The van der Waals surface area contributed by atoms with Crippen LogP contribution in [0.4, 0.5) is 0 Å². The Labute approximate surface area is 146 Å². The first-order valence-corrected chi connectivity index (χ1v) is 8.39. The molecule has 0 fully saturated rings. The number of carboxylic acids is 1. The predicted molar refractivity (Wildman–Crippen MR) is 91.6 cm³/mol. The van der Waals surface area contributed by atoms with E-state index in [0.29, 0.717) is 12.8 Å². The molecule has 0 aliphatic carbocycles. The van der Waals surface area contributed by atoms with Gasteiger partial charge >= 0.3 is 11.9 Å². The molecule has 0 saturated carbocycles. The molecule has 1 amide bonds. The van der Waals surface area contributed by atoms with Gasteiger partial charge in [0.2, 0.25) is 5.91 Å². The first kappa shape index (κ1) is 18.7. The van der Waals surface area contributed by atoms with Crippen molar-refractivity contribution in [2.24, 2.45) is 5.92 Å². The van der Waals surface area contributed by atoms with Crippen molar-refractivity contribution in [1.29, 1.82) is 0 Å². The number of esters is 1. The number of nitrogens with one attached hydrogen (secondary N) is 1. The van der Waals surface area contributed by atoms with E-state index in [0.717, 1.165) is 5.56 Å². The summed E-state index contributed by atoms with van der Waals surface area (Å²) in [7, 11) is 0. The maximum absolute atomic E-state index is 12.5. The number of hydrogen-bond acceptors (Lipinski definition) is 4. The second-order valence-electron chi connectivity index (χ2n) is 6.16. The number of hydrogen-bond donors (Lipinski definition) is 2. The molecule has 25 heavy (non-hydrogen) atoms. The normalized spacial score (nSPS) is 26.5. The van der Waals surface area contributed by atoms with Gasteiger partial charge in [0.05, 0.1) is 18.4 Å². The minimum atomic E-state index is -1.01. The van der Waals surface area contributed by atoms with Crippen molar-refractivity contribution in [2.45, 2.75) is 44.8 Å². The van der Waals surface area contributed by atoms with Crippen molar-refractivity contribution in [3.8, 4) is 0 Å². The van der Waals surface area contributed by atoms with Crippen LogP contribution in [-0.2, 0) is 19.1 Å². The minimum absolute atomic E-state index is 0.237. The van der Waals surface area contributed by atoms with Gasteiger partial charge in [0.25, 0.3) is 0 Å². The van der Waals surface area contributed by atoms with Crippen LogP contribution in [0, 0.1) is 5.92 Å². The molecule has 6 heteroatoms. The second kappa shape index (κ2) is 9.01. The maximum atomic E-state index is 12.5. The first-order valence-electron chi connectivity index (χ1n) is 8.39. The number of carbonyl (C=O) groups excluding carboxylic acids is 2. The molecule has 2 N–H and O–H groups in total. The van der Waals surface area contributed by atoms with Gasteiger partial charge in [-0.1, -0.05) is 42.5 Å². The van der Waals surface area contributed by atoms with Gasteiger partial charge in [-0.15, -0.1) is 0 Å². The summed E-state index contributed by atoms with van der Waals surface area (Å²) >= 11 is 0. The van der Waals surface area contributed by atoms with Gasteiger partial charge in [-0.25, -0.2) is 0 Å². The average molecular weight is 345 g/mol. The van der Waals surface area contributed by atoms with E-state index in [1.807, 2.05) is 30.3 Å². The number of carboxylic acid groups (broad SMARTS) is 1. The lowest BCUT2D eigenvalue weighted by Crippen LogP contribution is -2.42. The van der Waals surface area contributed by atoms with E-state index in [1.54, 1.807) is 19.1 Å². The Morgan fingerprint density at radius 1 is 1.24 bits per heavy atom. The number of cyclic esters (lactones) is 1. The molecule has 3 atom stereocenters. The quantitative estimate of drug-likeness (QED) is 0.649. The van der Waals surface area contributed by atoms with E-state index in [-0.39, 0.29) is 24.7 Å². The van der Waals surface area contributed by atoms with E-state index >= 15 is 0 Å². The predicted octanol–water partition coefficient (Wildman–Crippen LogP) is 2.61. The summed E-state index contributed by atoms with van der Waals surface area (Å²) in [5, 5.41) is 11.8. The van der Waals surface area contributed by atoms with E-state index in [9.17, 15) is 14.4 Å². The fourth-order valence-corrected chi connectivity index (χ4v) is 2.79. The van der Waals surface area contributed by atoms with Crippen LogP contribution in [0.25, 0.3) is 0 Å². The summed E-state index contributed by atoms with van der Waals surface area (Å²) in [6, 6.07) is 8.73. The Bertz CT molecular complexity index is 640. The molecule has 6 nitrogen and oxygen atoms in total. The highest BCUT2D eigenvalue weighted by Crippen LogP contribution is 2.24. The third-order valence-electron chi connectivity index (χ3n) is 4.10. The minimum Gasteiger partial charge on any atom is -0.481 e. The summed E-state index contributed by atoms with van der Waals surface area (Å²) in [6.07, 6.45) is 3.74. The molecule has 1 heterocycles. The molecule has 0 aromatic heterocycles. The highest BCUT2D eigenvalue weighted by Gasteiger charge is 2.28. The molecule has 0 saturated heterocycles. The second-order valence-corrected chi connectivity index (χ2v) is 6.16. The van der Waals surface area contributed by atoms with E-state index in [1.165, 1.54) is 0 Å². The van der Waals surface area contributed by atoms with Gasteiger partial charge < -0.3 is 15.2 Å². The number of carbonyl (C=O) groups is 3. The molecule has 1 aliphatic rings. The lowest BCUT2D eigenvalue weighted by Gasteiger charge is -2.27. The molecule has 0 spiro atoms. The molecule has 0 radical (unpaired) electrons. The summed E-state index contributed by atoms with van der Waals surface area (Å²) in [5.74, 6) is -2.35. The van der Waals surface area contributed by atoms with E-state index in [2.05, 4.69) is 5.32 Å². The molecule has 134 valence electrons. The van der Waals surface area contributed by atoms with Gasteiger partial charge in [-0.2, -0.15) is 0 Å². The van der Waals surface area contributed by atoms with Crippen LogP contribution in [0.2, 0.25) is 0 Å². The zero-order valence-corrected chi connectivity index (χ0v) is 14.2.